The van der Waals surface area contributed by atoms with Crippen molar-refractivity contribution in [2.75, 3.05) is 26.1 Å². The van der Waals surface area contributed by atoms with Crippen molar-refractivity contribution in [1.82, 2.24) is 5.32 Å². The maximum atomic E-state index is 12.4. The van der Waals surface area contributed by atoms with E-state index in [1.54, 1.807) is 49.4 Å². The third kappa shape index (κ3) is 5.68. The Balaban J connectivity index is 2.01. The predicted octanol–water partition coefficient (Wildman–Crippen LogP) is 3.01. The normalized spacial score (nSPS) is 9.89. The molecule has 1 amide bonds. The van der Waals surface area contributed by atoms with Crippen LogP contribution in [0.5, 0.6) is 11.5 Å². The SMILES string of the molecule is CCOC(=O)c1ccc(NC(=S)NC(=O)c2cc(OC)cc(OC)c2)cc1. The lowest BCUT2D eigenvalue weighted by Gasteiger charge is -2.11. The maximum Gasteiger partial charge on any atom is 0.338 e. The number of carbonyl (C=O) groups excluding carboxylic acids is 2. The van der Waals surface area contributed by atoms with Crippen LogP contribution in [0, 0.1) is 0 Å². The number of anilines is 1. The summed E-state index contributed by atoms with van der Waals surface area (Å²) in [6.07, 6.45) is 0. The van der Waals surface area contributed by atoms with Gasteiger partial charge in [-0.1, -0.05) is 0 Å². The van der Waals surface area contributed by atoms with Crippen LogP contribution in [0.1, 0.15) is 27.6 Å². The highest BCUT2D eigenvalue weighted by Gasteiger charge is 2.12. The highest BCUT2D eigenvalue weighted by molar-refractivity contribution is 7.80. The van der Waals surface area contributed by atoms with E-state index in [-0.39, 0.29) is 5.11 Å². The molecule has 0 spiro atoms. The average Bonchev–Trinajstić information content (AvgIpc) is 2.68. The van der Waals surface area contributed by atoms with E-state index < -0.39 is 11.9 Å². The molecule has 7 nitrogen and oxygen atoms in total. The molecule has 0 aliphatic carbocycles. The third-order valence-electron chi connectivity index (χ3n) is 3.49. The fourth-order valence-corrected chi connectivity index (χ4v) is 2.39. The Morgan fingerprint density at radius 3 is 2.07 bits per heavy atom. The van der Waals surface area contributed by atoms with Crippen molar-refractivity contribution in [3.8, 4) is 11.5 Å². The van der Waals surface area contributed by atoms with Crippen LogP contribution in [0.3, 0.4) is 0 Å². The summed E-state index contributed by atoms with van der Waals surface area (Å²) in [4.78, 5) is 24.0. The van der Waals surface area contributed by atoms with E-state index >= 15 is 0 Å². The molecule has 2 aromatic carbocycles. The fraction of sp³-hybridized carbons (Fsp3) is 0.211. The topological polar surface area (TPSA) is 85.9 Å². The average molecular weight is 388 g/mol. The van der Waals surface area contributed by atoms with E-state index in [9.17, 15) is 9.59 Å². The number of nitrogens with one attached hydrogen (secondary N) is 2. The van der Waals surface area contributed by atoms with Gasteiger partial charge in [0.1, 0.15) is 11.5 Å². The quantitative estimate of drug-likeness (QED) is 0.581. The van der Waals surface area contributed by atoms with Crippen LogP contribution in [-0.4, -0.2) is 37.8 Å². The number of ether oxygens (including phenoxy) is 3. The molecule has 8 heteroatoms. The molecule has 0 aliphatic rings. The van der Waals surface area contributed by atoms with Gasteiger partial charge in [-0.25, -0.2) is 4.79 Å². The van der Waals surface area contributed by atoms with Crippen LogP contribution in [0.15, 0.2) is 42.5 Å². The number of benzene rings is 2. The summed E-state index contributed by atoms with van der Waals surface area (Å²) in [5, 5.41) is 5.58. The Morgan fingerprint density at radius 1 is 0.963 bits per heavy atom. The molecule has 0 aliphatic heterocycles. The summed E-state index contributed by atoms with van der Waals surface area (Å²) in [6, 6.07) is 11.4. The molecule has 0 unspecified atom stereocenters. The summed E-state index contributed by atoms with van der Waals surface area (Å²) < 4.78 is 15.2. The van der Waals surface area contributed by atoms with Crippen molar-refractivity contribution in [1.29, 1.82) is 0 Å². The number of hydrogen-bond acceptors (Lipinski definition) is 6. The smallest absolute Gasteiger partial charge is 0.338 e. The van der Waals surface area contributed by atoms with Gasteiger partial charge in [0.2, 0.25) is 0 Å². The van der Waals surface area contributed by atoms with Crippen LogP contribution in [0.4, 0.5) is 5.69 Å². The van der Waals surface area contributed by atoms with Crippen molar-refractivity contribution < 1.29 is 23.8 Å². The molecule has 0 bridgehead atoms. The van der Waals surface area contributed by atoms with Gasteiger partial charge in [-0.15, -0.1) is 0 Å². The maximum absolute atomic E-state index is 12.4. The number of amides is 1. The van der Waals surface area contributed by atoms with Gasteiger partial charge in [-0.3, -0.25) is 10.1 Å². The molecule has 2 N–H and O–H groups in total. The van der Waals surface area contributed by atoms with Gasteiger partial charge in [-0.2, -0.15) is 0 Å². The largest absolute Gasteiger partial charge is 0.497 e. The molecule has 0 aromatic heterocycles. The molecule has 0 heterocycles. The summed E-state index contributed by atoms with van der Waals surface area (Å²) >= 11 is 5.16. The van der Waals surface area contributed by atoms with Crippen LogP contribution < -0.4 is 20.1 Å². The van der Waals surface area contributed by atoms with Gasteiger partial charge in [-0.05, 0) is 55.5 Å². The highest BCUT2D eigenvalue weighted by Crippen LogP contribution is 2.22. The minimum absolute atomic E-state index is 0.116. The van der Waals surface area contributed by atoms with Gasteiger partial charge >= 0.3 is 5.97 Å². The van der Waals surface area contributed by atoms with Gasteiger partial charge in [0.25, 0.3) is 5.91 Å². The number of hydrogen-bond donors (Lipinski definition) is 2. The van der Waals surface area contributed by atoms with Crippen molar-refractivity contribution in [3.05, 3.63) is 53.6 Å². The first-order chi connectivity index (χ1) is 13.0. The lowest BCUT2D eigenvalue weighted by atomic mass is 10.2. The van der Waals surface area contributed by atoms with Crippen molar-refractivity contribution in [2.45, 2.75) is 6.92 Å². The molecule has 0 saturated heterocycles. The zero-order chi connectivity index (χ0) is 19.8. The lowest BCUT2D eigenvalue weighted by molar-refractivity contribution is 0.0526. The summed E-state index contributed by atoms with van der Waals surface area (Å²) in [7, 11) is 3.01. The van der Waals surface area contributed by atoms with Crippen molar-refractivity contribution >= 4 is 34.9 Å². The monoisotopic (exact) mass is 388 g/mol. The number of rotatable bonds is 6. The van der Waals surface area contributed by atoms with Crippen molar-refractivity contribution in [3.63, 3.8) is 0 Å². The minimum Gasteiger partial charge on any atom is -0.497 e. The van der Waals surface area contributed by atoms with Gasteiger partial charge in [0.05, 0.1) is 26.4 Å². The van der Waals surface area contributed by atoms with E-state index in [1.165, 1.54) is 14.2 Å². The van der Waals surface area contributed by atoms with E-state index in [4.69, 9.17) is 26.4 Å². The molecule has 0 atom stereocenters. The predicted molar refractivity (Wildman–Crippen MR) is 106 cm³/mol. The Kier molecular flexibility index (Phi) is 7.13. The second-order valence-electron chi connectivity index (χ2n) is 5.31. The van der Waals surface area contributed by atoms with E-state index in [1.807, 2.05) is 0 Å². The lowest BCUT2D eigenvalue weighted by Crippen LogP contribution is -2.34. The molecule has 2 aromatic rings. The first-order valence-electron chi connectivity index (χ1n) is 8.09. The third-order valence-corrected chi connectivity index (χ3v) is 3.70. The second-order valence-corrected chi connectivity index (χ2v) is 5.72. The summed E-state index contributed by atoms with van der Waals surface area (Å²) in [5.41, 5.74) is 1.39. The van der Waals surface area contributed by atoms with E-state index in [0.717, 1.165) is 0 Å². The summed E-state index contributed by atoms with van der Waals surface area (Å²) in [6.45, 7) is 2.05. The Bertz CT molecular complexity index is 814. The summed E-state index contributed by atoms with van der Waals surface area (Å²) in [5.74, 6) is 0.181. The molecular weight excluding hydrogens is 368 g/mol. The molecule has 0 radical (unpaired) electrons. The Hall–Kier alpha value is -3.13. The van der Waals surface area contributed by atoms with Crippen LogP contribution in [0.2, 0.25) is 0 Å². The van der Waals surface area contributed by atoms with Crippen molar-refractivity contribution in [2.24, 2.45) is 0 Å². The molecule has 0 fully saturated rings. The number of thiocarbonyl (C=S) groups is 1. The standard InChI is InChI=1S/C19H20N2O5S/c1-4-26-18(23)12-5-7-14(8-6-12)20-19(27)21-17(22)13-9-15(24-2)11-16(10-13)25-3/h5-11H,4H2,1-3H3,(H2,20,21,22,27). The Labute approximate surface area is 162 Å². The first kappa shape index (κ1) is 20.2. The molecule has 2 rings (SSSR count). The van der Waals surface area contributed by atoms with E-state index in [2.05, 4.69) is 10.6 Å². The fourth-order valence-electron chi connectivity index (χ4n) is 2.18. The van der Waals surface area contributed by atoms with Gasteiger partial charge < -0.3 is 19.5 Å². The minimum atomic E-state index is -0.409. The second kappa shape index (κ2) is 9.54. The zero-order valence-electron chi connectivity index (χ0n) is 15.2. The van der Waals surface area contributed by atoms with Crippen LogP contribution in [-0.2, 0) is 4.74 Å². The van der Waals surface area contributed by atoms with Crippen LogP contribution in [0.25, 0.3) is 0 Å². The number of esters is 1. The Morgan fingerprint density at radius 2 is 1.56 bits per heavy atom. The first-order valence-corrected chi connectivity index (χ1v) is 8.50. The van der Waals surface area contributed by atoms with Gasteiger partial charge in [0.15, 0.2) is 5.11 Å². The molecule has 0 saturated carbocycles. The van der Waals surface area contributed by atoms with E-state index in [0.29, 0.717) is 34.9 Å². The highest BCUT2D eigenvalue weighted by atomic mass is 32.1. The molecule has 27 heavy (non-hydrogen) atoms. The van der Waals surface area contributed by atoms with Gasteiger partial charge in [0, 0.05) is 17.3 Å². The number of carbonyl (C=O) groups is 2. The zero-order valence-corrected chi connectivity index (χ0v) is 16.0. The van der Waals surface area contributed by atoms with Crippen LogP contribution >= 0.6 is 12.2 Å². The molecule has 142 valence electrons. The molecular formula is C19H20N2O5S. The number of methoxy groups -OCH3 is 2.